The molecule has 1 unspecified atom stereocenters. The van der Waals surface area contributed by atoms with Crippen molar-refractivity contribution in [3.05, 3.63) is 66.0 Å². The zero-order valence-electron chi connectivity index (χ0n) is 17.8. The molecule has 0 saturated carbocycles. The van der Waals surface area contributed by atoms with Crippen LogP contribution in [0.4, 0.5) is 10.1 Å². The number of amides is 2. The number of nitrogens with one attached hydrogen (secondary N) is 1. The van der Waals surface area contributed by atoms with E-state index in [1.807, 2.05) is 35.2 Å². The first-order valence-corrected chi connectivity index (χ1v) is 11.3. The van der Waals surface area contributed by atoms with Crippen LogP contribution in [0.5, 0.6) is 0 Å². The minimum absolute atomic E-state index is 0.0472. The molecule has 164 valence electrons. The summed E-state index contributed by atoms with van der Waals surface area (Å²) < 4.78 is 13.2. The Labute approximate surface area is 183 Å². The SMILES string of the molecule is O=C(Nc1ccc(F)cc1)C(c1ccccc1)N1CCC(C(=O)N2CCCCC2)CC1. The van der Waals surface area contributed by atoms with Crippen LogP contribution in [0.15, 0.2) is 54.6 Å². The molecule has 0 aliphatic carbocycles. The Hall–Kier alpha value is -2.73. The van der Waals surface area contributed by atoms with E-state index >= 15 is 0 Å². The lowest BCUT2D eigenvalue weighted by Gasteiger charge is -2.38. The summed E-state index contributed by atoms with van der Waals surface area (Å²) >= 11 is 0. The second-order valence-corrected chi connectivity index (χ2v) is 8.51. The van der Waals surface area contributed by atoms with Crippen LogP contribution in [0.25, 0.3) is 0 Å². The molecule has 2 aromatic carbocycles. The molecule has 0 radical (unpaired) electrons. The summed E-state index contributed by atoms with van der Waals surface area (Å²) in [5.74, 6) is -0.144. The van der Waals surface area contributed by atoms with Gasteiger partial charge in [-0.1, -0.05) is 30.3 Å². The second kappa shape index (κ2) is 10.1. The largest absolute Gasteiger partial charge is 0.342 e. The molecule has 0 bridgehead atoms. The number of carbonyl (C=O) groups excluding carboxylic acids is 2. The highest BCUT2D eigenvalue weighted by Crippen LogP contribution is 2.29. The van der Waals surface area contributed by atoms with E-state index in [-0.39, 0.29) is 23.5 Å². The van der Waals surface area contributed by atoms with Crippen molar-refractivity contribution in [2.24, 2.45) is 5.92 Å². The highest BCUT2D eigenvalue weighted by atomic mass is 19.1. The maximum atomic E-state index is 13.2. The molecule has 5 nitrogen and oxygen atoms in total. The van der Waals surface area contributed by atoms with Crippen molar-refractivity contribution in [2.75, 3.05) is 31.5 Å². The molecule has 31 heavy (non-hydrogen) atoms. The number of rotatable bonds is 5. The van der Waals surface area contributed by atoms with E-state index in [0.29, 0.717) is 18.8 Å². The van der Waals surface area contributed by atoms with Gasteiger partial charge in [0.1, 0.15) is 11.9 Å². The third-order valence-corrected chi connectivity index (χ3v) is 6.39. The van der Waals surface area contributed by atoms with Crippen LogP contribution in [0.3, 0.4) is 0 Å². The quantitative estimate of drug-likeness (QED) is 0.783. The zero-order chi connectivity index (χ0) is 21.6. The van der Waals surface area contributed by atoms with E-state index in [2.05, 4.69) is 10.2 Å². The fourth-order valence-electron chi connectivity index (χ4n) is 4.68. The molecular weight excluding hydrogens is 393 g/mol. The third kappa shape index (κ3) is 5.31. The molecule has 2 aliphatic rings. The van der Waals surface area contributed by atoms with Crippen molar-refractivity contribution in [2.45, 2.75) is 38.1 Å². The normalized spacial score (nSPS) is 19.1. The smallest absolute Gasteiger partial charge is 0.246 e. The standard InChI is InChI=1S/C25H30FN3O2/c26-21-9-11-22(12-10-21)27-24(30)23(19-7-3-1-4-8-19)28-17-13-20(14-18-28)25(31)29-15-5-2-6-16-29/h1,3-4,7-12,20,23H,2,5-6,13-18H2,(H,27,30). The number of anilines is 1. The molecule has 6 heteroatoms. The molecule has 2 saturated heterocycles. The summed E-state index contributed by atoms with van der Waals surface area (Å²) in [7, 11) is 0. The lowest BCUT2D eigenvalue weighted by Crippen LogP contribution is -2.47. The van der Waals surface area contributed by atoms with Crippen molar-refractivity contribution in [3.63, 3.8) is 0 Å². The van der Waals surface area contributed by atoms with Gasteiger partial charge < -0.3 is 10.2 Å². The van der Waals surface area contributed by atoms with Crippen molar-refractivity contribution in [1.82, 2.24) is 9.80 Å². The fraction of sp³-hybridized carbons (Fsp3) is 0.440. The van der Waals surface area contributed by atoms with E-state index < -0.39 is 6.04 Å². The summed E-state index contributed by atoms with van der Waals surface area (Å²) in [5.41, 5.74) is 1.49. The Balaban J connectivity index is 1.44. The Morgan fingerprint density at radius 2 is 1.52 bits per heavy atom. The molecule has 2 heterocycles. The first kappa shape index (κ1) is 21.5. The lowest BCUT2D eigenvalue weighted by molar-refractivity contribution is -0.138. The molecule has 1 N–H and O–H groups in total. The van der Waals surface area contributed by atoms with Crippen molar-refractivity contribution >= 4 is 17.5 Å². The topological polar surface area (TPSA) is 52.7 Å². The number of hydrogen-bond acceptors (Lipinski definition) is 3. The van der Waals surface area contributed by atoms with Crippen molar-refractivity contribution in [1.29, 1.82) is 0 Å². The second-order valence-electron chi connectivity index (χ2n) is 8.51. The Morgan fingerprint density at radius 1 is 0.871 bits per heavy atom. The lowest BCUT2D eigenvalue weighted by atomic mass is 9.92. The summed E-state index contributed by atoms with van der Waals surface area (Å²) in [6.45, 7) is 3.15. The van der Waals surface area contributed by atoms with Crippen molar-refractivity contribution < 1.29 is 14.0 Å². The van der Waals surface area contributed by atoms with Gasteiger partial charge in [-0.05, 0) is 75.0 Å². The third-order valence-electron chi connectivity index (χ3n) is 6.39. The van der Waals surface area contributed by atoms with Gasteiger partial charge in [0.25, 0.3) is 0 Å². The highest BCUT2D eigenvalue weighted by Gasteiger charge is 2.34. The summed E-state index contributed by atoms with van der Waals surface area (Å²) in [5, 5.41) is 2.93. The van der Waals surface area contributed by atoms with Gasteiger partial charge in [-0.2, -0.15) is 0 Å². The maximum absolute atomic E-state index is 13.2. The molecule has 2 fully saturated rings. The van der Waals surface area contributed by atoms with Gasteiger partial charge in [0.05, 0.1) is 0 Å². The van der Waals surface area contributed by atoms with Gasteiger partial charge in [0, 0.05) is 24.7 Å². The molecular formula is C25H30FN3O2. The van der Waals surface area contributed by atoms with Crippen LogP contribution in [0.2, 0.25) is 0 Å². The monoisotopic (exact) mass is 423 g/mol. The van der Waals surface area contributed by atoms with Gasteiger partial charge in [0.2, 0.25) is 11.8 Å². The van der Waals surface area contributed by atoms with Gasteiger partial charge in [-0.25, -0.2) is 4.39 Å². The molecule has 4 rings (SSSR count). The number of nitrogens with zero attached hydrogens (tertiary/aromatic N) is 2. The number of carbonyl (C=O) groups is 2. The van der Waals surface area contributed by atoms with Crippen LogP contribution in [-0.2, 0) is 9.59 Å². The molecule has 2 aromatic rings. The zero-order valence-corrected chi connectivity index (χ0v) is 17.8. The van der Waals surface area contributed by atoms with E-state index in [0.717, 1.165) is 44.3 Å². The van der Waals surface area contributed by atoms with Crippen LogP contribution in [-0.4, -0.2) is 47.8 Å². The minimum atomic E-state index is -0.447. The number of piperidine rings is 2. The Morgan fingerprint density at radius 3 is 2.16 bits per heavy atom. The average molecular weight is 424 g/mol. The van der Waals surface area contributed by atoms with E-state index in [1.165, 1.54) is 18.6 Å². The van der Waals surface area contributed by atoms with E-state index in [1.54, 1.807) is 12.1 Å². The predicted octanol–water partition coefficient (Wildman–Crippen LogP) is 4.23. The van der Waals surface area contributed by atoms with Crippen LogP contribution < -0.4 is 5.32 Å². The fourth-order valence-corrected chi connectivity index (χ4v) is 4.68. The van der Waals surface area contributed by atoms with Gasteiger partial charge in [-0.3, -0.25) is 14.5 Å². The maximum Gasteiger partial charge on any atom is 0.246 e. The number of likely N-dealkylation sites (tertiary alicyclic amines) is 2. The van der Waals surface area contributed by atoms with Crippen LogP contribution in [0.1, 0.15) is 43.7 Å². The molecule has 1 atom stereocenters. The highest BCUT2D eigenvalue weighted by molar-refractivity contribution is 5.95. The molecule has 2 amide bonds. The van der Waals surface area contributed by atoms with Gasteiger partial charge in [-0.15, -0.1) is 0 Å². The van der Waals surface area contributed by atoms with Crippen LogP contribution >= 0.6 is 0 Å². The molecule has 0 spiro atoms. The van der Waals surface area contributed by atoms with Crippen LogP contribution in [0, 0.1) is 11.7 Å². The summed E-state index contributed by atoms with van der Waals surface area (Å²) in [4.78, 5) is 30.3. The first-order chi connectivity index (χ1) is 15.1. The summed E-state index contributed by atoms with van der Waals surface area (Å²) in [6, 6.07) is 15.1. The molecule has 2 aliphatic heterocycles. The summed E-state index contributed by atoms with van der Waals surface area (Å²) in [6.07, 6.45) is 4.95. The average Bonchev–Trinajstić information content (AvgIpc) is 2.82. The Bertz CT molecular complexity index is 873. The predicted molar refractivity (Wildman–Crippen MR) is 119 cm³/mol. The number of hydrogen-bond donors (Lipinski definition) is 1. The number of benzene rings is 2. The number of halogens is 1. The van der Waals surface area contributed by atoms with E-state index in [9.17, 15) is 14.0 Å². The molecule has 0 aromatic heterocycles. The van der Waals surface area contributed by atoms with Crippen molar-refractivity contribution in [3.8, 4) is 0 Å². The van der Waals surface area contributed by atoms with E-state index in [4.69, 9.17) is 0 Å². The minimum Gasteiger partial charge on any atom is -0.342 e. The first-order valence-electron chi connectivity index (χ1n) is 11.3. The van der Waals surface area contributed by atoms with Gasteiger partial charge in [0.15, 0.2) is 0 Å². The van der Waals surface area contributed by atoms with Gasteiger partial charge >= 0.3 is 0 Å². The Kier molecular flexibility index (Phi) is 6.97.